The number of hydrogen-bond acceptors (Lipinski definition) is 3. The van der Waals surface area contributed by atoms with Gasteiger partial charge in [-0.15, -0.1) is 0 Å². The average molecular weight is 255 g/mol. The van der Waals surface area contributed by atoms with Crippen LogP contribution in [0.15, 0.2) is 0 Å². The summed E-state index contributed by atoms with van der Waals surface area (Å²) in [7, 11) is 4.50. The highest BCUT2D eigenvalue weighted by molar-refractivity contribution is 4.80. The fourth-order valence-electron chi connectivity index (χ4n) is 3.17. The number of nitrogens with zero attached hydrogens (tertiary/aromatic N) is 2. The van der Waals surface area contributed by atoms with Gasteiger partial charge in [-0.05, 0) is 57.8 Å². The van der Waals surface area contributed by atoms with Crippen LogP contribution in [0.4, 0.5) is 0 Å². The highest BCUT2D eigenvalue weighted by atomic mass is 15.2. The summed E-state index contributed by atoms with van der Waals surface area (Å²) in [5, 5.41) is 0. The topological polar surface area (TPSA) is 32.5 Å². The molecular formula is C15H33N3. The number of likely N-dealkylation sites (tertiary alicyclic amines) is 1. The van der Waals surface area contributed by atoms with Gasteiger partial charge < -0.3 is 15.5 Å². The van der Waals surface area contributed by atoms with E-state index < -0.39 is 0 Å². The summed E-state index contributed by atoms with van der Waals surface area (Å²) < 4.78 is 0. The Morgan fingerprint density at radius 2 is 2.06 bits per heavy atom. The van der Waals surface area contributed by atoms with Gasteiger partial charge in [0.25, 0.3) is 0 Å². The second-order valence-electron chi connectivity index (χ2n) is 7.36. The smallest absolute Gasteiger partial charge is 0.0220 e. The van der Waals surface area contributed by atoms with Crippen molar-refractivity contribution in [1.82, 2.24) is 9.80 Å². The quantitative estimate of drug-likeness (QED) is 0.788. The lowest BCUT2D eigenvalue weighted by Crippen LogP contribution is -2.40. The summed E-state index contributed by atoms with van der Waals surface area (Å²) in [4.78, 5) is 4.98. The van der Waals surface area contributed by atoms with Crippen molar-refractivity contribution in [3.05, 3.63) is 0 Å². The molecule has 2 unspecified atom stereocenters. The van der Waals surface area contributed by atoms with E-state index in [2.05, 4.69) is 44.7 Å². The Balaban J connectivity index is 2.35. The Hall–Kier alpha value is -0.120. The third kappa shape index (κ3) is 5.68. The molecular weight excluding hydrogens is 222 g/mol. The van der Waals surface area contributed by atoms with Crippen LogP contribution in [0.1, 0.15) is 40.0 Å². The van der Waals surface area contributed by atoms with Crippen molar-refractivity contribution >= 4 is 0 Å². The first kappa shape index (κ1) is 15.9. The van der Waals surface area contributed by atoms with Crippen LogP contribution >= 0.6 is 0 Å². The van der Waals surface area contributed by atoms with Crippen molar-refractivity contribution in [2.24, 2.45) is 17.1 Å². The molecule has 0 aliphatic carbocycles. The van der Waals surface area contributed by atoms with Crippen LogP contribution in [0.3, 0.4) is 0 Å². The maximum absolute atomic E-state index is 5.93. The summed E-state index contributed by atoms with van der Waals surface area (Å²) in [6, 6.07) is 0.753. The molecule has 0 radical (unpaired) electrons. The van der Waals surface area contributed by atoms with E-state index in [1.54, 1.807) is 0 Å². The highest BCUT2D eigenvalue weighted by Gasteiger charge is 2.24. The molecule has 0 bridgehead atoms. The van der Waals surface area contributed by atoms with E-state index in [0.29, 0.717) is 11.3 Å². The first-order valence-corrected chi connectivity index (χ1v) is 7.40. The van der Waals surface area contributed by atoms with Crippen molar-refractivity contribution in [3.63, 3.8) is 0 Å². The van der Waals surface area contributed by atoms with Crippen LogP contribution in [0.5, 0.6) is 0 Å². The molecule has 0 saturated carbocycles. The molecule has 1 fully saturated rings. The first-order valence-electron chi connectivity index (χ1n) is 7.40. The lowest BCUT2D eigenvalue weighted by Gasteiger charge is -2.31. The molecule has 0 aromatic carbocycles. The summed E-state index contributed by atoms with van der Waals surface area (Å²) >= 11 is 0. The van der Waals surface area contributed by atoms with Gasteiger partial charge in [0, 0.05) is 19.1 Å². The molecule has 108 valence electrons. The van der Waals surface area contributed by atoms with Crippen LogP contribution in [-0.4, -0.2) is 56.1 Å². The van der Waals surface area contributed by atoms with Gasteiger partial charge in [0.05, 0.1) is 0 Å². The zero-order chi connectivity index (χ0) is 13.8. The zero-order valence-electron chi connectivity index (χ0n) is 13.1. The van der Waals surface area contributed by atoms with Crippen LogP contribution in [0, 0.1) is 11.3 Å². The van der Waals surface area contributed by atoms with Gasteiger partial charge >= 0.3 is 0 Å². The van der Waals surface area contributed by atoms with Crippen molar-refractivity contribution in [2.75, 3.05) is 40.3 Å². The van der Waals surface area contributed by atoms with Gasteiger partial charge in [-0.2, -0.15) is 0 Å². The summed E-state index contributed by atoms with van der Waals surface area (Å²) in [5.41, 5.74) is 6.31. The van der Waals surface area contributed by atoms with Crippen molar-refractivity contribution in [3.8, 4) is 0 Å². The summed E-state index contributed by atoms with van der Waals surface area (Å²) in [6.07, 6.45) is 3.93. The number of nitrogens with two attached hydrogens (primary N) is 1. The van der Waals surface area contributed by atoms with E-state index in [9.17, 15) is 0 Å². The van der Waals surface area contributed by atoms with E-state index in [-0.39, 0.29) is 0 Å². The zero-order valence-corrected chi connectivity index (χ0v) is 13.1. The SMILES string of the molecule is CN(CC(CN)CC(C)(C)C)CC1CCCN1C. The molecule has 3 nitrogen and oxygen atoms in total. The molecule has 0 spiro atoms. The fourth-order valence-corrected chi connectivity index (χ4v) is 3.17. The lowest BCUT2D eigenvalue weighted by molar-refractivity contribution is 0.179. The maximum Gasteiger partial charge on any atom is 0.0220 e. The standard InChI is InChI=1S/C15H33N3/c1-15(2,3)9-13(10-16)11-17(4)12-14-7-6-8-18(14)5/h13-14H,6-12,16H2,1-5H3. The van der Waals surface area contributed by atoms with Crippen molar-refractivity contribution in [1.29, 1.82) is 0 Å². The molecule has 0 aromatic rings. The molecule has 2 N–H and O–H groups in total. The number of rotatable bonds is 6. The van der Waals surface area contributed by atoms with E-state index in [4.69, 9.17) is 5.73 Å². The predicted molar refractivity (Wildman–Crippen MR) is 79.8 cm³/mol. The summed E-state index contributed by atoms with van der Waals surface area (Å²) in [6.45, 7) is 11.3. The second kappa shape index (κ2) is 6.88. The molecule has 0 amide bonds. The minimum absolute atomic E-state index is 0.384. The third-order valence-corrected chi connectivity index (χ3v) is 4.00. The molecule has 1 heterocycles. The van der Waals surface area contributed by atoms with Gasteiger partial charge in [0.1, 0.15) is 0 Å². The Kier molecular flexibility index (Phi) is 6.09. The normalized spacial score (nSPS) is 23.8. The van der Waals surface area contributed by atoms with E-state index >= 15 is 0 Å². The molecule has 1 aliphatic heterocycles. The number of likely N-dealkylation sites (N-methyl/N-ethyl adjacent to an activating group) is 2. The summed E-state index contributed by atoms with van der Waals surface area (Å²) in [5.74, 6) is 0.627. The highest BCUT2D eigenvalue weighted by Crippen LogP contribution is 2.24. The average Bonchev–Trinajstić information content (AvgIpc) is 2.61. The number of hydrogen-bond donors (Lipinski definition) is 1. The van der Waals surface area contributed by atoms with E-state index in [1.807, 2.05) is 0 Å². The maximum atomic E-state index is 5.93. The molecule has 0 aromatic heterocycles. The van der Waals surface area contributed by atoms with E-state index in [1.165, 1.54) is 32.4 Å². The Bertz CT molecular complexity index is 234. The third-order valence-electron chi connectivity index (χ3n) is 4.00. The van der Waals surface area contributed by atoms with Gasteiger partial charge in [-0.1, -0.05) is 20.8 Å². The largest absolute Gasteiger partial charge is 0.330 e. The van der Waals surface area contributed by atoms with Crippen molar-refractivity contribution in [2.45, 2.75) is 46.1 Å². The van der Waals surface area contributed by atoms with Crippen LogP contribution in [-0.2, 0) is 0 Å². The monoisotopic (exact) mass is 255 g/mol. The van der Waals surface area contributed by atoms with Gasteiger partial charge in [-0.25, -0.2) is 0 Å². The Morgan fingerprint density at radius 3 is 2.50 bits per heavy atom. The van der Waals surface area contributed by atoms with Crippen LogP contribution in [0.2, 0.25) is 0 Å². The molecule has 2 atom stereocenters. The second-order valence-corrected chi connectivity index (χ2v) is 7.36. The Labute approximate surface area is 114 Å². The van der Waals surface area contributed by atoms with Crippen LogP contribution < -0.4 is 5.73 Å². The molecule has 1 aliphatic rings. The van der Waals surface area contributed by atoms with Gasteiger partial charge in [0.2, 0.25) is 0 Å². The molecule has 1 rings (SSSR count). The van der Waals surface area contributed by atoms with E-state index in [0.717, 1.165) is 19.1 Å². The Morgan fingerprint density at radius 1 is 1.39 bits per heavy atom. The minimum atomic E-state index is 0.384. The van der Waals surface area contributed by atoms with Gasteiger partial charge in [0.15, 0.2) is 0 Å². The molecule has 18 heavy (non-hydrogen) atoms. The molecule has 3 heteroatoms. The fraction of sp³-hybridized carbons (Fsp3) is 1.00. The molecule has 1 saturated heterocycles. The lowest BCUT2D eigenvalue weighted by atomic mass is 9.84. The first-order chi connectivity index (χ1) is 8.31. The predicted octanol–water partition coefficient (Wildman–Crippen LogP) is 2.02. The minimum Gasteiger partial charge on any atom is -0.330 e. The van der Waals surface area contributed by atoms with Crippen LogP contribution in [0.25, 0.3) is 0 Å². The van der Waals surface area contributed by atoms with Gasteiger partial charge in [-0.3, -0.25) is 0 Å². The van der Waals surface area contributed by atoms with Crippen molar-refractivity contribution < 1.29 is 0 Å².